The van der Waals surface area contributed by atoms with Gasteiger partial charge in [-0.1, -0.05) is 0 Å². The summed E-state index contributed by atoms with van der Waals surface area (Å²) >= 11 is 3.06. The van der Waals surface area contributed by atoms with E-state index < -0.39 is 33.2 Å². The van der Waals surface area contributed by atoms with Crippen LogP contribution in [-0.4, -0.2) is 53.8 Å². The Morgan fingerprint density at radius 1 is 1.17 bits per heavy atom. The molecule has 2 aromatic carbocycles. The van der Waals surface area contributed by atoms with E-state index in [4.69, 9.17) is 9.47 Å². The lowest BCUT2D eigenvalue weighted by atomic mass is 10.2. The molecule has 0 radical (unpaired) electrons. The van der Waals surface area contributed by atoms with E-state index in [0.717, 1.165) is 12.1 Å². The van der Waals surface area contributed by atoms with Gasteiger partial charge in [0.15, 0.2) is 5.69 Å². The number of non-ortho nitro benzene ring substituents is 1. The Balaban J connectivity index is 2.49. The van der Waals surface area contributed by atoms with Crippen LogP contribution >= 0.6 is 15.9 Å². The fourth-order valence-electron chi connectivity index (χ4n) is 2.81. The highest BCUT2D eigenvalue weighted by Gasteiger charge is 2.24. The number of nitro groups is 2. The van der Waals surface area contributed by atoms with E-state index in [1.54, 1.807) is 6.92 Å². The molecule has 0 fully saturated rings. The second kappa shape index (κ2) is 12.7. The molecule has 0 aliphatic rings. The van der Waals surface area contributed by atoms with Gasteiger partial charge in [0, 0.05) is 32.2 Å². The Bertz CT molecular complexity index is 1140. The molecule has 0 saturated heterocycles. The van der Waals surface area contributed by atoms with Crippen LogP contribution < -0.4 is 15.4 Å². The number of hydrogen-bond donors (Lipinski definition) is 3. The number of nitrogens with zero attached hydrogens (tertiary/aromatic N) is 4. The maximum Gasteiger partial charge on any atom is 0.304 e. The third kappa shape index (κ3) is 7.66. The van der Waals surface area contributed by atoms with Gasteiger partial charge < -0.3 is 25.2 Å². The minimum absolute atomic E-state index is 0.0169. The van der Waals surface area contributed by atoms with Gasteiger partial charge in [0.05, 0.1) is 51.6 Å². The van der Waals surface area contributed by atoms with Crippen molar-refractivity contribution in [3.63, 3.8) is 0 Å². The number of azo groups is 1. The fourth-order valence-corrected chi connectivity index (χ4v) is 3.32. The van der Waals surface area contributed by atoms with Gasteiger partial charge in [-0.05, 0) is 28.9 Å². The van der Waals surface area contributed by atoms with Crippen molar-refractivity contribution >= 4 is 56.0 Å². The molecule has 2 rings (SSSR count). The molecular formula is C20H23BrN6O8. The molecule has 0 aliphatic carbocycles. The standard InChI is InChI=1S/C20H23BrN6O8/c1-4-35-10-13(29)9-22-17-7-15(23-11(2)28)16(8-19(17)34-3)24-25-20-14(21)5-12(26(30)31)6-18(20)27(32)33/h5-8,13,22,29H,4,9-10H2,1-3H3,(H,23,28). The highest BCUT2D eigenvalue weighted by Crippen LogP contribution is 2.42. The lowest BCUT2D eigenvalue weighted by Crippen LogP contribution is -2.25. The molecule has 0 aliphatic heterocycles. The maximum atomic E-state index is 11.7. The van der Waals surface area contributed by atoms with E-state index in [9.17, 15) is 30.1 Å². The van der Waals surface area contributed by atoms with Crippen molar-refractivity contribution in [1.82, 2.24) is 0 Å². The van der Waals surface area contributed by atoms with Crippen LogP contribution in [0.15, 0.2) is 39.0 Å². The highest BCUT2D eigenvalue weighted by molar-refractivity contribution is 9.10. The summed E-state index contributed by atoms with van der Waals surface area (Å²) in [5.41, 5.74) is -0.668. The molecule has 0 aromatic heterocycles. The normalized spacial score (nSPS) is 11.8. The summed E-state index contributed by atoms with van der Waals surface area (Å²) < 4.78 is 10.5. The topological polar surface area (TPSA) is 191 Å². The zero-order valence-corrected chi connectivity index (χ0v) is 20.6. The smallest absolute Gasteiger partial charge is 0.304 e. The zero-order chi connectivity index (χ0) is 26.1. The van der Waals surface area contributed by atoms with Crippen molar-refractivity contribution in [2.24, 2.45) is 10.2 Å². The number of nitrogens with one attached hydrogen (secondary N) is 2. The zero-order valence-electron chi connectivity index (χ0n) is 19.0. The van der Waals surface area contributed by atoms with Gasteiger partial charge in [-0.15, -0.1) is 10.2 Å². The van der Waals surface area contributed by atoms with Crippen LogP contribution in [0.1, 0.15) is 13.8 Å². The van der Waals surface area contributed by atoms with Crippen molar-refractivity contribution in [2.75, 3.05) is 37.5 Å². The molecule has 0 heterocycles. The number of rotatable bonds is 12. The van der Waals surface area contributed by atoms with Crippen LogP contribution in [0.3, 0.4) is 0 Å². The fraction of sp³-hybridized carbons (Fsp3) is 0.350. The Morgan fingerprint density at radius 3 is 2.46 bits per heavy atom. The number of ether oxygens (including phenoxy) is 2. The Kier molecular flexibility index (Phi) is 9.98. The van der Waals surface area contributed by atoms with Crippen molar-refractivity contribution in [2.45, 2.75) is 20.0 Å². The predicted octanol–water partition coefficient (Wildman–Crippen LogP) is 4.46. The number of nitro benzene ring substituents is 2. The summed E-state index contributed by atoms with van der Waals surface area (Å²) in [5, 5.41) is 46.0. The third-order valence-corrected chi connectivity index (χ3v) is 4.97. The average molecular weight is 555 g/mol. The van der Waals surface area contributed by atoms with Gasteiger partial charge in [0.2, 0.25) is 5.91 Å². The Morgan fingerprint density at radius 2 is 1.89 bits per heavy atom. The Hall–Kier alpha value is -3.69. The van der Waals surface area contributed by atoms with Gasteiger partial charge in [0.25, 0.3) is 5.69 Å². The first-order chi connectivity index (χ1) is 16.6. The molecule has 14 nitrogen and oxygen atoms in total. The first-order valence-corrected chi connectivity index (χ1v) is 10.9. The molecule has 15 heteroatoms. The van der Waals surface area contributed by atoms with Crippen LogP contribution in [0.25, 0.3) is 0 Å². The molecule has 1 amide bonds. The van der Waals surface area contributed by atoms with E-state index in [-0.39, 0.29) is 40.4 Å². The van der Waals surface area contributed by atoms with Crippen LogP contribution in [0.4, 0.5) is 34.1 Å². The second-order valence-electron chi connectivity index (χ2n) is 6.95. The number of benzene rings is 2. The highest BCUT2D eigenvalue weighted by atomic mass is 79.9. The van der Waals surface area contributed by atoms with Gasteiger partial charge in [-0.2, -0.15) is 0 Å². The van der Waals surface area contributed by atoms with E-state index in [1.807, 2.05) is 0 Å². The largest absolute Gasteiger partial charge is 0.495 e. The van der Waals surface area contributed by atoms with Gasteiger partial charge in [0.1, 0.15) is 11.4 Å². The first-order valence-electron chi connectivity index (χ1n) is 10.1. The minimum atomic E-state index is -0.817. The summed E-state index contributed by atoms with van der Waals surface area (Å²) in [6, 6.07) is 4.77. The number of carbonyl (C=O) groups is 1. The van der Waals surface area contributed by atoms with Crippen molar-refractivity contribution in [1.29, 1.82) is 0 Å². The number of aliphatic hydroxyl groups excluding tert-OH is 1. The van der Waals surface area contributed by atoms with Gasteiger partial charge >= 0.3 is 5.69 Å². The predicted molar refractivity (Wildman–Crippen MR) is 130 cm³/mol. The SMILES string of the molecule is CCOCC(O)CNc1cc(NC(C)=O)c(N=Nc2c(Br)cc([N+](=O)[O-])cc2[N+](=O)[O-])cc1OC. The molecule has 0 saturated carbocycles. The van der Waals surface area contributed by atoms with Crippen molar-refractivity contribution in [3.05, 3.63) is 49.0 Å². The maximum absolute atomic E-state index is 11.7. The van der Waals surface area contributed by atoms with Crippen LogP contribution in [0, 0.1) is 20.2 Å². The first kappa shape index (κ1) is 27.6. The molecular weight excluding hydrogens is 532 g/mol. The average Bonchev–Trinajstić information content (AvgIpc) is 2.80. The van der Waals surface area contributed by atoms with E-state index in [0.29, 0.717) is 12.3 Å². The number of anilines is 2. The number of aliphatic hydroxyl groups is 1. The van der Waals surface area contributed by atoms with E-state index >= 15 is 0 Å². The summed E-state index contributed by atoms with van der Waals surface area (Å²) in [6.45, 7) is 3.79. The second-order valence-corrected chi connectivity index (χ2v) is 7.81. The lowest BCUT2D eigenvalue weighted by molar-refractivity contribution is -0.393. The molecule has 1 atom stereocenters. The molecule has 0 bridgehead atoms. The number of amides is 1. The van der Waals surface area contributed by atoms with Crippen LogP contribution in [0.2, 0.25) is 0 Å². The van der Waals surface area contributed by atoms with Crippen molar-refractivity contribution < 1.29 is 29.2 Å². The number of hydrogen-bond acceptors (Lipinski definition) is 11. The van der Waals surface area contributed by atoms with Crippen LogP contribution in [0.5, 0.6) is 5.75 Å². The number of halogens is 1. The molecule has 3 N–H and O–H groups in total. The molecule has 188 valence electrons. The Labute approximate surface area is 207 Å². The number of carbonyl (C=O) groups excluding carboxylic acids is 1. The molecule has 0 spiro atoms. The molecule has 1 unspecified atom stereocenters. The quantitative estimate of drug-likeness (QED) is 0.193. The van der Waals surface area contributed by atoms with Crippen LogP contribution in [-0.2, 0) is 9.53 Å². The monoisotopic (exact) mass is 554 g/mol. The number of methoxy groups -OCH3 is 1. The van der Waals surface area contributed by atoms with E-state index in [2.05, 4.69) is 36.8 Å². The summed E-state index contributed by atoms with van der Waals surface area (Å²) in [5.74, 6) is -0.134. The lowest BCUT2D eigenvalue weighted by Gasteiger charge is -2.17. The molecule has 35 heavy (non-hydrogen) atoms. The minimum Gasteiger partial charge on any atom is -0.495 e. The third-order valence-electron chi connectivity index (χ3n) is 4.36. The van der Waals surface area contributed by atoms with Gasteiger partial charge in [-0.3, -0.25) is 25.0 Å². The van der Waals surface area contributed by atoms with E-state index in [1.165, 1.54) is 26.2 Å². The van der Waals surface area contributed by atoms with Gasteiger partial charge in [-0.25, -0.2) is 0 Å². The summed E-state index contributed by atoms with van der Waals surface area (Å²) in [4.78, 5) is 32.6. The summed E-state index contributed by atoms with van der Waals surface area (Å²) in [7, 11) is 1.40. The molecule has 2 aromatic rings. The van der Waals surface area contributed by atoms with Crippen molar-refractivity contribution in [3.8, 4) is 5.75 Å². The summed E-state index contributed by atoms with van der Waals surface area (Å²) in [6.07, 6.45) is -0.803.